The number of nitriles is 1. The summed E-state index contributed by atoms with van der Waals surface area (Å²) < 4.78 is 0. The van der Waals surface area contributed by atoms with Crippen molar-refractivity contribution in [1.29, 1.82) is 5.26 Å². The number of nitrogens with one attached hydrogen (secondary N) is 2. The number of nitrogens with zero attached hydrogens (tertiary/aromatic N) is 4. The van der Waals surface area contributed by atoms with E-state index in [2.05, 4.69) is 44.9 Å². The zero-order chi connectivity index (χ0) is 16.9. The lowest BCUT2D eigenvalue weighted by Gasteiger charge is -2.11. The largest absolute Gasteiger partial charge is 0.339 e. The molecule has 0 saturated carbocycles. The van der Waals surface area contributed by atoms with Crippen LogP contribution in [0.3, 0.4) is 0 Å². The van der Waals surface area contributed by atoms with Gasteiger partial charge in [0.25, 0.3) is 0 Å². The fourth-order valence-corrected chi connectivity index (χ4v) is 2.20. The minimum Gasteiger partial charge on any atom is -0.339 e. The Balaban J connectivity index is 1.78. The molecule has 0 aliphatic carbocycles. The van der Waals surface area contributed by atoms with E-state index in [1.807, 2.05) is 31.2 Å². The molecule has 0 unspecified atom stereocenters. The smallest absolute Gasteiger partial charge is 0.249 e. The molecule has 24 heavy (non-hydrogen) atoms. The molecule has 3 aromatic rings. The molecule has 118 valence electrons. The summed E-state index contributed by atoms with van der Waals surface area (Å²) >= 11 is 0. The second-order valence-corrected chi connectivity index (χ2v) is 5.35. The number of hydrogen-bond acceptors (Lipinski definition) is 6. The van der Waals surface area contributed by atoms with Crippen LogP contribution in [0.4, 0.5) is 23.1 Å². The minimum absolute atomic E-state index is 0.419. The Hall–Kier alpha value is -3.46. The van der Waals surface area contributed by atoms with Gasteiger partial charge >= 0.3 is 0 Å². The van der Waals surface area contributed by atoms with Crippen LogP contribution < -0.4 is 10.6 Å². The average Bonchev–Trinajstić information content (AvgIpc) is 2.60. The maximum absolute atomic E-state index is 8.83. The first kappa shape index (κ1) is 15.4. The van der Waals surface area contributed by atoms with Crippen LogP contribution in [0.25, 0.3) is 0 Å². The molecule has 6 nitrogen and oxygen atoms in total. The van der Waals surface area contributed by atoms with Crippen LogP contribution >= 0.6 is 0 Å². The summed E-state index contributed by atoms with van der Waals surface area (Å²) in [6.07, 6.45) is 1.55. The first-order valence-corrected chi connectivity index (χ1v) is 7.46. The highest BCUT2D eigenvalue weighted by Gasteiger charge is 2.05. The van der Waals surface area contributed by atoms with Gasteiger partial charge < -0.3 is 10.6 Å². The van der Waals surface area contributed by atoms with Crippen LogP contribution in [0.15, 0.2) is 48.7 Å². The third-order valence-electron chi connectivity index (χ3n) is 3.70. The third kappa shape index (κ3) is 3.47. The van der Waals surface area contributed by atoms with E-state index in [0.717, 1.165) is 16.9 Å². The molecule has 2 aromatic carbocycles. The van der Waals surface area contributed by atoms with Crippen LogP contribution in [0.5, 0.6) is 0 Å². The highest BCUT2D eigenvalue weighted by Crippen LogP contribution is 2.21. The Morgan fingerprint density at radius 3 is 2.54 bits per heavy atom. The number of aromatic nitrogens is 3. The number of hydrogen-bond donors (Lipinski definition) is 2. The van der Waals surface area contributed by atoms with E-state index >= 15 is 0 Å². The van der Waals surface area contributed by atoms with Gasteiger partial charge in [0.2, 0.25) is 5.95 Å². The number of rotatable bonds is 4. The van der Waals surface area contributed by atoms with E-state index in [-0.39, 0.29) is 0 Å². The number of benzene rings is 2. The summed E-state index contributed by atoms with van der Waals surface area (Å²) in [6, 6.07) is 15.2. The monoisotopic (exact) mass is 316 g/mol. The Labute approximate surface area is 140 Å². The van der Waals surface area contributed by atoms with Crippen LogP contribution in [0, 0.1) is 25.2 Å². The summed E-state index contributed by atoms with van der Waals surface area (Å²) in [7, 11) is 0. The van der Waals surface area contributed by atoms with Gasteiger partial charge in [-0.3, -0.25) is 0 Å². The maximum Gasteiger partial charge on any atom is 0.249 e. The Bertz CT molecular complexity index is 896. The van der Waals surface area contributed by atoms with Crippen molar-refractivity contribution in [2.75, 3.05) is 10.6 Å². The predicted molar refractivity (Wildman–Crippen MR) is 93.5 cm³/mol. The van der Waals surface area contributed by atoms with Crippen LogP contribution in [0.2, 0.25) is 0 Å². The zero-order valence-electron chi connectivity index (χ0n) is 13.4. The molecule has 1 heterocycles. The van der Waals surface area contributed by atoms with Crippen molar-refractivity contribution in [3.63, 3.8) is 0 Å². The SMILES string of the molecule is Cc1cccc(Nc2nncc(Nc3ccc(C#N)cc3)n2)c1C. The second kappa shape index (κ2) is 6.75. The highest BCUT2D eigenvalue weighted by molar-refractivity contribution is 5.62. The summed E-state index contributed by atoms with van der Waals surface area (Å²) in [4.78, 5) is 4.42. The van der Waals surface area contributed by atoms with Crippen molar-refractivity contribution in [2.45, 2.75) is 13.8 Å². The second-order valence-electron chi connectivity index (χ2n) is 5.35. The van der Waals surface area contributed by atoms with E-state index in [1.165, 1.54) is 5.56 Å². The molecule has 0 amide bonds. The molecule has 0 atom stereocenters. The summed E-state index contributed by atoms with van der Waals surface area (Å²) in [6.45, 7) is 4.10. The molecule has 0 fully saturated rings. The molecular formula is C18H16N6. The fraction of sp³-hybridized carbons (Fsp3) is 0.111. The Morgan fingerprint density at radius 1 is 1.00 bits per heavy atom. The van der Waals surface area contributed by atoms with Gasteiger partial charge in [-0.1, -0.05) is 12.1 Å². The van der Waals surface area contributed by atoms with Gasteiger partial charge in [-0.25, -0.2) is 0 Å². The molecule has 0 saturated heterocycles. The highest BCUT2D eigenvalue weighted by atomic mass is 15.3. The van der Waals surface area contributed by atoms with Crippen LogP contribution in [0.1, 0.15) is 16.7 Å². The lowest BCUT2D eigenvalue weighted by Crippen LogP contribution is -2.03. The number of anilines is 4. The van der Waals surface area contributed by atoms with E-state index in [9.17, 15) is 0 Å². The lowest BCUT2D eigenvalue weighted by atomic mass is 10.1. The Morgan fingerprint density at radius 2 is 1.79 bits per heavy atom. The average molecular weight is 316 g/mol. The molecule has 3 rings (SSSR count). The molecule has 2 N–H and O–H groups in total. The predicted octanol–water partition coefficient (Wildman–Crippen LogP) is 3.85. The van der Waals surface area contributed by atoms with E-state index < -0.39 is 0 Å². The van der Waals surface area contributed by atoms with Gasteiger partial charge in [-0.05, 0) is 55.3 Å². The summed E-state index contributed by atoms with van der Waals surface area (Å²) in [5, 5.41) is 23.2. The number of aryl methyl sites for hydroxylation is 1. The lowest BCUT2D eigenvalue weighted by molar-refractivity contribution is 0.981. The summed E-state index contributed by atoms with van der Waals surface area (Å²) in [5.74, 6) is 0.991. The van der Waals surface area contributed by atoms with Gasteiger partial charge in [-0.2, -0.15) is 15.3 Å². The van der Waals surface area contributed by atoms with Crippen molar-refractivity contribution in [3.8, 4) is 6.07 Å². The molecule has 0 aliphatic heterocycles. The zero-order valence-corrected chi connectivity index (χ0v) is 13.4. The van der Waals surface area contributed by atoms with Gasteiger partial charge in [-0.15, -0.1) is 5.10 Å². The van der Waals surface area contributed by atoms with Crippen LogP contribution in [-0.2, 0) is 0 Å². The molecule has 0 radical (unpaired) electrons. The molecule has 1 aromatic heterocycles. The quantitative estimate of drug-likeness (QED) is 0.760. The minimum atomic E-state index is 0.419. The molecule has 0 bridgehead atoms. The van der Waals surface area contributed by atoms with Crippen molar-refractivity contribution in [1.82, 2.24) is 15.2 Å². The first-order chi connectivity index (χ1) is 11.7. The van der Waals surface area contributed by atoms with Crippen molar-refractivity contribution < 1.29 is 0 Å². The van der Waals surface area contributed by atoms with E-state index in [4.69, 9.17) is 5.26 Å². The molecule has 0 aliphatic rings. The molecule has 6 heteroatoms. The van der Waals surface area contributed by atoms with Crippen molar-refractivity contribution >= 4 is 23.1 Å². The van der Waals surface area contributed by atoms with E-state index in [0.29, 0.717) is 17.3 Å². The van der Waals surface area contributed by atoms with Crippen LogP contribution in [-0.4, -0.2) is 15.2 Å². The van der Waals surface area contributed by atoms with Crippen molar-refractivity contribution in [3.05, 3.63) is 65.4 Å². The van der Waals surface area contributed by atoms with Gasteiger partial charge in [0, 0.05) is 11.4 Å². The first-order valence-electron chi connectivity index (χ1n) is 7.46. The topological polar surface area (TPSA) is 86.5 Å². The molecule has 0 spiro atoms. The van der Waals surface area contributed by atoms with Crippen molar-refractivity contribution in [2.24, 2.45) is 0 Å². The fourth-order valence-electron chi connectivity index (χ4n) is 2.20. The summed E-state index contributed by atoms with van der Waals surface area (Å²) in [5.41, 5.74) is 4.73. The third-order valence-corrected chi connectivity index (χ3v) is 3.70. The molecular weight excluding hydrogens is 300 g/mol. The van der Waals surface area contributed by atoms with E-state index in [1.54, 1.807) is 18.3 Å². The normalized spacial score (nSPS) is 10.0. The standard InChI is InChI=1S/C18H16N6/c1-12-4-3-5-16(13(12)2)22-18-23-17(11-20-24-18)21-15-8-6-14(10-19)7-9-15/h3-9,11H,1-2H3,(H2,21,22,23,24). The van der Waals surface area contributed by atoms with Gasteiger partial charge in [0.05, 0.1) is 17.8 Å². The maximum atomic E-state index is 8.83. The van der Waals surface area contributed by atoms with Gasteiger partial charge in [0.15, 0.2) is 5.82 Å². The van der Waals surface area contributed by atoms with Gasteiger partial charge in [0.1, 0.15) is 0 Å². The Kier molecular flexibility index (Phi) is 4.34.